The van der Waals surface area contributed by atoms with E-state index in [0.717, 1.165) is 4.70 Å². The summed E-state index contributed by atoms with van der Waals surface area (Å²) in [4.78, 5) is 28.9. The summed E-state index contributed by atoms with van der Waals surface area (Å²) in [6.45, 7) is 1.77. The number of hydrogen-bond acceptors (Lipinski definition) is 4. The molecule has 6 nitrogen and oxygen atoms in total. The van der Waals surface area contributed by atoms with Gasteiger partial charge in [0, 0.05) is 10.6 Å². The molecular weight excluding hydrogens is 388 g/mol. The van der Waals surface area contributed by atoms with Gasteiger partial charge in [0.15, 0.2) is 4.80 Å². The van der Waals surface area contributed by atoms with Crippen LogP contribution in [0.3, 0.4) is 0 Å². The number of aromatic nitrogens is 1. The monoisotopic (exact) mass is 404 g/mol. The van der Waals surface area contributed by atoms with Crippen molar-refractivity contribution in [1.82, 2.24) is 4.57 Å². The second kappa shape index (κ2) is 7.94. The summed E-state index contributed by atoms with van der Waals surface area (Å²) in [6.07, 6.45) is 0.341. The number of carboxylic acids is 1. The molecule has 0 fully saturated rings. The molecule has 1 unspecified atom stereocenters. The zero-order chi connectivity index (χ0) is 19.6. The molecule has 1 atom stereocenters. The molecule has 1 amide bonds. The zero-order valence-corrected chi connectivity index (χ0v) is 16.3. The number of methoxy groups -OCH3 is 1. The maximum absolute atomic E-state index is 12.7. The van der Waals surface area contributed by atoms with Crippen molar-refractivity contribution in [2.24, 2.45) is 4.99 Å². The first-order valence-electron chi connectivity index (χ1n) is 8.21. The Kier molecular flexibility index (Phi) is 5.62. The number of aliphatic carboxylic acids is 1. The van der Waals surface area contributed by atoms with Gasteiger partial charge in [0.25, 0.3) is 5.91 Å². The molecule has 1 heterocycles. The number of carbonyl (C=O) groups is 2. The quantitative estimate of drug-likeness (QED) is 0.692. The molecule has 2 aromatic carbocycles. The molecule has 0 spiro atoms. The Morgan fingerprint density at radius 1 is 1.30 bits per heavy atom. The molecule has 8 heteroatoms. The number of benzene rings is 2. The minimum absolute atomic E-state index is 0.314. The Labute approximate surface area is 164 Å². The van der Waals surface area contributed by atoms with Crippen LogP contribution in [0.4, 0.5) is 0 Å². The van der Waals surface area contributed by atoms with Gasteiger partial charge in [-0.2, -0.15) is 4.99 Å². The van der Waals surface area contributed by atoms with E-state index in [1.165, 1.54) is 18.4 Å². The van der Waals surface area contributed by atoms with E-state index >= 15 is 0 Å². The lowest BCUT2D eigenvalue weighted by Gasteiger charge is -2.13. The van der Waals surface area contributed by atoms with E-state index in [-0.39, 0.29) is 0 Å². The minimum atomic E-state index is -0.993. The molecule has 0 radical (unpaired) electrons. The van der Waals surface area contributed by atoms with Crippen LogP contribution in [0.25, 0.3) is 10.2 Å². The van der Waals surface area contributed by atoms with Crippen LogP contribution in [0.1, 0.15) is 29.7 Å². The highest BCUT2D eigenvalue weighted by molar-refractivity contribution is 7.16. The summed E-state index contributed by atoms with van der Waals surface area (Å²) in [6, 6.07) is 11.0. The number of rotatable bonds is 5. The molecule has 0 saturated heterocycles. The van der Waals surface area contributed by atoms with Gasteiger partial charge in [-0.15, -0.1) is 0 Å². The molecule has 0 aliphatic carbocycles. The molecule has 140 valence electrons. The lowest BCUT2D eigenvalue weighted by atomic mass is 10.2. The Hall–Kier alpha value is -2.64. The number of ether oxygens (including phenoxy) is 1. The number of thiazole rings is 1. The van der Waals surface area contributed by atoms with Gasteiger partial charge >= 0.3 is 5.97 Å². The van der Waals surface area contributed by atoms with Crippen molar-refractivity contribution < 1.29 is 19.4 Å². The Balaban J connectivity index is 2.21. The Morgan fingerprint density at radius 2 is 2.07 bits per heavy atom. The summed E-state index contributed by atoms with van der Waals surface area (Å²) in [5.41, 5.74) is 0.999. The van der Waals surface area contributed by atoms with Gasteiger partial charge in [0.05, 0.1) is 17.3 Å². The third-order valence-corrected chi connectivity index (χ3v) is 5.36. The molecule has 0 aliphatic heterocycles. The predicted molar refractivity (Wildman–Crippen MR) is 105 cm³/mol. The Bertz CT molecular complexity index is 1090. The normalized spacial score (nSPS) is 12.9. The van der Waals surface area contributed by atoms with Crippen molar-refractivity contribution in [1.29, 1.82) is 0 Å². The zero-order valence-electron chi connectivity index (χ0n) is 14.7. The first-order valence-corrected chi connectivity index (χ1v) is 9.40. The second-order valence-electron chi connectivity index (χ2n) is 5.78. The molecule has 1 aromatic heterocycles. The highest BCUT2D eigenvalue weighted by Gasteiger charge is 2.22. The molecule has 0 bridgehead atoms. The van der Waals surface area contributed by atoms with Crippen molar-refractivity contribution in [2.75, 3.05) is 7.11 Å². The number of fused-ring (bicyclic) bond motifs is 1. The van der Waals surface area contributed by atoms with Gasteiger partial charge in [-0.05, 0) is 42.8 Å². The van der Waals surface area contributed by atoms with Crippen molar-refractivity contribution >= 4 is 45.0 Å². The molecule has 27 heavy (non-hydrogen) atoms. The van der Waals surface area contributed by atoms with Crippen LogP contribution in [0.2, 0.25) is 5.02 Å². The highest BCUT2D eigenvalue weighted by Crippen LogP contribution is 2.26. The van der Waals surface area contributed by atoms with Crippen LogP contribution in [0, 0.1) is 0 Å². The fourth-order valence-electron chi connectivity index (χ4n) is 2.77. The van der Waals surface area contributed by atoms with Crippen molar-refractivity contribution in [3.8, 4) is 5.75 Å². The van der Waals surface area contributed by atoms with Crippen LogP contribution in [-0.2, 0) is 4.79 Å². The average Bonchev–Trinajstić information content (AvgIpc) is 2.99. The van der Waals surface area contributed by atoms with E-state index in [1.807, 2.05) is 0 Å². The molecule has 3 aromatic rings. The number of carbonyl (C=O) groups excluding carboxylic acids is 1. The maximum Gasteiger partial charge on any atom is 0.326 e. The number of hydrogen-bond donors (Lipinski definition) is 1. The highest BCUT2D eigenvalue weighted by atomic mass is 35.5. The SMILES string of the molecule is CCC(C(=O)O)n1c(=NC(=O)c2cccc(OC)c2)sc2ccc(Cl)cc21. The average molecular weight is 405 g/mol. The fraction of sp³-hybridized carbons (Fsp3) is 0.211. The van der Waals surface area contributed by atoms with E-state index in [2.05, 4.69) is 4.99 Å². The number of amides is 1. The lowest BCUT2D eigenvalue weighted by Crippen LogP contribution is -2.27. The summed E-state index contributed by atoms with van der Waals surface area (Å²) in [5.74, 6) is -0.919. The third-order valence-electron chi connectivity index (χ3n) is 4.09. The minimum Gasteiger partial charge on any atom is -0.497 e. The van der Waals surface area contributed by atoms with Gasteiger partial charge in [0.2, 0.25) is 0 Å². The topological polar surface area (TPSA) is 80.9 Å². The van der Waals surface area contributed by atoms with Crippen LogP contribution in [0.15, 0.2) is 47.5 Å². The van der Waals surface area contributed by atoms with Crippen LogP contribution in [-0.4, -0.2) is 28.7 Å². The van der Waals surface area contributed by atoms with Crippen LogP contribution >= 0.6 is 22.9 Å². The summed E-state index contributed by atoms with van der Waals surface area (Å²) in [5, 5.41) is 10.1. The van der Waals surface area contributed by atoms with E-state index in [0.29, 0.717) is 33.1 Å². The van der Waals surface area contributed by atoms with Gasteiger partial charge in [-0.1, -0.05) is 35.9 Å². The lowest BCUT2D eigenvalue weighted by molar-refractivity contribution is -0.140. The van der Waals surface area contributed by atoms with Gasteiger partial charge in [0.1, 0.15) is 11.8 Å². The first-order chi connectivity index (χ1) is 12.9. The van der Waals surface area contributed by atoms with Gasteiger partial charge in [-0.3, -0.25) is 4.79 Å². The van der Waals surface area contributed by atoms with E-state index in [1.54, 1.807) is 54.0 Å². The molecule has 3 rings (SSSR count). The number of halogens is 1. The maximum atomic E-state index is 12.7. The third kappa shape index (κ3) is 3.89. The molecule has 0 aliphatic rings. The van der Waals surface area contributed by atoms with Crippen LogP contribution in [0.5, 0.6) is 5.75 Å². The van der Waals surface area contributed by atoms with Crippen LogP contribution < -0.4 is 9.54 Å². The van der Waals surface area contributed by atoms with Crippen molar-refractivity contribution in [3.05, 3.63) is 57.9 Å². The first kappa shape index (κ1) is 19.1. The molecular formula is C19H17ClN2O4S. The smallest absolute Gasteiger partial charge is 0.326 e. The molecule has 1 N–H and O–H groups in total. The number of nitrogens with zero attached hydrogens (tertiary/aromatic N) is 2. The predicted octanol–water partition coefficient (Wildman–Crippen LogP) is 4.14. The van der Waals surface area contributed by atoms with Gasteiger partial charge < -0.3 is 14.4 Å². The van der Waals surface area contributed by atoms with Gasteiger partial charge in [-0.25, -0.2) is 4.79 Å². The largest absolute Gasteiger partial charge is 0.497 e. The standard InChI is InChI=1S/C19H17ClN2O4S/c1-3-14(18(24)25)22-15-10-12(20)7-8-16(15)27-19(22)21-17(23)11-5-4-6-13(9-11)26-2/h4-10,14H,3H2,1-2H3,(H,24,25). The molecule has 0 saturated carbocycles. The van der Waals surface area contributed by atoms with E-state index in [9.17, 15) is 14.7 Å². The summed E-state index contributed by atoms with van der Waals surface area (Å²) in [7, 11) is 1.52. The second-order valence-corrected chi connectivity index (χ2v) is 7.22. The summed E-state index contributed by atoms with van der Waals surface area (Å²) < 4.78 is 7.50. The fourth-order valence-corrected chi connectivity index (χ4v) is 3.98. The van der Waals surface area contributed by atoms with Crippen molar-refractivity contribution in [3.63, 3.8) is 0 Å². The van der Waals surface area contributed by atoms with E-state index in [4.69, 9.17) is 16.3 Å². The van der Waals surface area contributed by atoms with Crippen molar-refractivity contribution in [2.45, 2.75) is 19.4 Å². The summed E-state index contributed by atoms with van der Waals surface area (Å²) >= 11 is 7.34. The van der Waals surface area contributed by atoms with E-state index < -0.39 is 17.9 Å². The number of carboxylic acid groups (broad SMARTS) is 1. The Morgan fingerprint density at radius 3 is 2.74 bits per heavy atom.